The Labute approximate surface area is 127 Å². The normalized spacial score (nSPS) is 11.8. The van der Waals surface area contributed by atoms with Crippen LogP contribution in [0.3, 0.4) is 0 Å². The van der Waals surface area contributed by atoms with Crippen molar-refractivity contribution in [1.29, 1.82) is 0 Å². The fraction of sp³-hybridized carbons (Fsp3) is 0.438. The molecule has 1 heterocycles. The number of hydrogen-bond donors (Lipinski definition) is 1. The van der Waals surface area contributed by atoms with Gasteiger partial charge in [-0.25, -0.2) is 4.98 Å². The van der Waals surface area contributed by atoms with E-state index in [2.05, 4.69) is 66.5 Å². The summed E-state index contributed by atoms with van der Waals surface area (Å²) in [7, 11) is -1.16. The standard InChI is InChI=1S/C16H24N2SSi/c1-13-18-15(12-19-13)9-10-17-11-14-5-7-16(8-6-14)20(2,3)4/h5-8,12,17H,9-11H2,1-4H3. The van der Waals surface area contributed by atoms with E-state index < -0.39 is 8.07 Å². The highest BCUT2D eigenvalue weighted by molar-refractivity contribution is 7.09. The van der Waals surface area contributed by atoms with Gasteiger partial charge in [-0.15, -0.1) is 11.3 Å². The number of aromatic nitrogens is 1. The van der Waals surface area contributed by atoms with Crippen molar-refractivity contribution in [3.8, 4) is 0 Å². The maximum atomic E-state index is 4.48. The van der Waals surface area contributed by atoms with Crippen LogP contribution in [-0.4, -0.2) is 19.6 Å². The molecule has 0 atom stereocenters. The second-order valence-corrected chi connectivity index (χ2v) is 12.4. The first-order valence-electron chi connectivity index (χ1n) is 7.16. The number of nitrogens with one attached hydrogen (secondary N) is 1. The van der Waals surface area contributed by atoms with E-state index in [9.17, 15) is 0 Å². The van der Waals surface area contributed by atoms with Gasteiger partial charge in [0, 0.05) is 24.9 Å². The predicted octanol–water partition coefficient (Wildman–Crippen LogP) is 3.33. The fourth-order valence-corrected chi connectivity index (χ4v) is 3.91. The lowest BCUT2D eigenvalue weighted by atomic mass is 10.2. The maximum Gasteiger partial charge on any atom is 0.0897 e. The van der Waals surface area contributed by atoms with Gasteiger partial charge in [0.2, 0.25) is 0 Å². The molecule has 1 N–H and O–H groups in total. The van der Waals surface area contributed by atoms with Crippen LogP contribution in [0.5, 0.6) is 0 Å². The van der Waals surface area contributed by atoms with Crippen LogP contribution in [0.25, 0.3) is 0 Å². The van der Waals surface area contributed by atoms with Gasteiger partial charge in [-0.2, -0.15) is 0 Å². The van der Waals surface area contributed by atoms with E-state index in [1.165, 1.54) is 16.4 Å². The minimum Gasteiger partial charge on any atom is -0.312 e. The molecule has 0 saturated carbocycles. The molecule has 1 aromatic heterocycles. The summed E-state index contributed by atoms with van der Waals surface area (Å²) < 4.78 is 0. The molecule has 0 aliphatic rings. The third kappa shape index (κ3) is 4.54. The van der Waals surface area contributed by atoms with Crippen LogP contribution in [0.1, 0.15) is 16.3 Å². The molecule has 0 bridgehead atoms. The van der Waals surface area contributed by atoms with E-state index >= 15 is 0 Å². The maximum absolute atomic E-state index is 4.48. The van der Waals surface area contributed by atoms with E-state index in [0.717, 1.165) is 24.5 Å². The van der Waals surface area contributed by atoms with Gasteiger partial charge in [0.1, 0.15) is 0 Å². The van der Waals surface area contributed by atoms with Gasteiger partial charge in [-0.3, -0.25) is 0 Å². The summed E-state index contributed by atoms with van der Waals surface area (Å²) in [6.45, 7) is 11.1. The Morgan fingerprint density at radius 3 is 2.40 bits per heavy atom. The quantitative estimate of drug-likeness (QED) is 0.654. The summed E-state index contributed by atoms with van der Waals surface area (Å²) in [5, 5.41) is 8.33. The van der Waals surface area contributed by atoms with Crippen LogP contribution in [0.4, 0.5) is 0 Å². The lowest BCUT2D eigenvalue weighted by Gasteiger charge is -2.16. The molecule has 20 heavy (non-hydrogen) atoms. The van der Waals surface area contributed by atoms with Crippen LogP contribution in [0.2, 0.25) is 19.6 Å². The van der Waals surface area contributed by atoms with Gasteiger partial charge < -0.3 is 5.32 Å². The van der Waals surface area contributed by atoms with Crippen LogP contribution < -0.4 is 10.5 Å². The highest BCUT2D eigenvalue weighted by atomic mass is 32.1. The molecule has 0 aliphatic heterocycles. The van der Waals surface area contributed by atoms with Gasteiger partial charge in [0.05, 0.1) is 18.8 Å². The fourth-order valence-electron chi connectivity index (χ4n) is 2.09. The van der Waals surface area contributed by atoms with Crippen molar-refractivity contribution in [1.82, 2.24) is 10.3 Å². The molecule has 0 fully saturated rings. The Hall–Kier alpha value is -0.973. The third-order valence-corrected chi connectivity index (χ3v) is 6.26. The average Bonchev–Trinajstić information content (AvgIpc) is 2.80. The topological polar surface area (TPSA) is 24.9 Å². The van der Waals surface area contributed by atoms with Crippen LogP contribution in [-0.2, 0) is 13.0 Å². The summed E-state index contributed by atoms with van der Waals surface area (Å²) in [6.07, 6.45) is 1.01. The molecule has 1 aromatic carbocycles. The van der Waals surface area contributed by atoms with E-state index in [0.29, 0.717) is 0 Å². The molecule has 0 unspecified atom stereocenters. The molecule has 2 rings (SSSR count). The van der Waals surface area contributed by atoms with Crippen molar-refractivity contribution in [2.75, 3.05) is 6.54 Å². The van der Waals surface area contributed by atoms with Crippen molar-refractivity contribution >= 4 is 24.6 Å². The smallest absolute Gasteiger partial charge is 0.0897 e. The second kappa shape index (κ2) is 6.65. The monoisotopic (exact) mass is 304 g/mol. The third-order valence-electron chi connectivity index (χ3n) is 3.37. The van der Waals surface area contributed by atoms with Crippen molar-refractivity contribution < 1.29 is 0 Å². The molecular formula is C16H24N2SSi. The minimum atomic E-state index is -1.16. The first kappa shape index (κ1) is 15.4. The Morgan fingerprint density at radius 1 is 1.15 bits per heavy atom. The Bertz CT molecular complexity index is 540. The molecule has 0 aliphatic carbocycles. The summed E-state index contributed by atoms with van der Waals surface area (Å²) in [4.78, 5) is 4.48. The number of benzene rings is 1. The van der Waals surface area contributed by atoms with Gasteiger partial charge >= 0.3 is 0 Å². The lowest BCUT2D eigenvalue weighted by molar-refractivity contribution is 0.681. The summed E-state index contributed by atoms with van der Waals surface area (Å²) in [5.74, 6) is 0. The molecular weight excluding hydrogens is 280 g/mol. The average molecular weight is 305 g/mol. The summed E-state index contributed by atoms with van der Waals surface area (Å²) in [5.41, 5.74) is 2.57. The number of hydrogen-bond acceptors (Lipinski definition) is 3. The molecule has 0 amide bonds. The highest BCUT2D eigenvalue weighted by Crippen LogP contribution is 2.08. The number of aryl methyl sites for hydroxylation is 1. The zero-order valence-corrected chi connectivity index (χ0v) is 14.7. The van der Waals surface area contributed by atoms with E-state index in [1.54, 1.807) is 11.3 Å². The Kier molecular flexibility index (Phi) is 5.13. The molecule has 0 spiro atoms. The zero-order valence-electron chi connectivity index (χ0n) is 12.9. The number of thiazole rings is 1. The molecule has 0 radical (unpaired) electrons. The SMILES string of the molecule is Cc1nc(CCNCc2ccc([Si](C)(C)C)cc2)cs1. The zero-order chi connectivity index (χ0) is 14.6. The van der Waals surface area contributed by atoms with Crippen molar-refractivity contribution in [3.05, 3.63) is 45.9 Å². The second-order valence-electron chi connectivity index (χ2n) is 6.23. The first-order valence-corrected chi connectivity index (χ1v) is 11.5. The molecule has 2 aromatic rings. The molecule has 0 saturated heterocycles. The summed E-state index contributed by atoms with van der Waals surface area (Å²) in [6, 6.07) is 9.11. The Balaban J connectivity index is 1.77. The van der Waals surface area contributed by atoms with Crippen LogP contribution >= 0.6 is 11.3 Å². The Morgan fingerprint density at radius 2 is 1.85 bits per heavy atom. The largest absolute Gasteiger partial charge is 0.312 e. The van der Waals surface area contributed by atoms with Crippen LogP contribution in [0, 0.1) is 6.92 Å². The molecule has 2 nitrogen and oxygen atoms in total. The number of rotatable bonds is 6. The van der Waals surface area contributed by atoms with E-state index in [-0.39, 0.29) is 0 Å². The van der Waals surface area contributed by atoms with Crippen molar-refractivity contribution in [2.24, 2.45) is 0 Å². The van der Waals surface area contributed by atoms with E-state index in [1.807, 2.05) is 0 Å². The van der Waals surface area contributed by atoms with Gasteiger partial charge in [-0.05, 0) is 12.5 Å². The predicted molar refractivity (Wildman–Crippen MR) is 91.7 cm³/mol. The molecule has 4 heteroatoms. The van der Waals surface area contributed by atoms with E-state index in [4.69, 9.17) is 0 Å². The summed E-state index contributed by atoms with van der Waals surface area (Å²) >= 11 is 1.73. The van der Waals surface area contributed by atoms with Crippen molar-refractivity contribution in [3.63, 3.8) is 0 Å². The van der Waals surface area contributed by atoms with Crippen molar-refractivity contribution in [2.45, 2.75) is 39.5 Å². The molecule has 108 valence electrons. The first-order chi connectivity index (χ1) is 9.45. The van der Waals surface area contributed by atoms with Gasteiger partial charge in [0.15, 0.2) is 0 Å². The van der Waals surface area contributed by atoms with Crippen LogP contribution in [0.15, 0.2) is 29.6 Å². The minimum absolute atomic E-state index is 0.940. The van der Waals surface area contributed by atoms with Gasteiger partial charge in [-0.1, -0.05) is 49.1 Å². The van der Waals surface area contributed by atoms with Gasteiger partial charge in [0.25, 0.3) is 0 Å². The highest BCUT2D eigenvalue weighted by Gasteiger charge is 2.15. The lowest BCUT2D eigenvalue weighted by Crippen LogP contribution is -2.37. The number of nitrogens with zero attached hydrogens (tertiary/aromatic N) is 1.